The zero-order valence-electron chi connectivity index (χ0n) is 11.8. The van der Waals surface area contributed by atoms with E-state index in [-0.39, 0.29) is 5.41 Å². The Morgan fingerprint density at radius 1 is 1.35 bits per heavy atom. The first-order valence-corrected chi connectivity index (χ1v) is 6.82. The molecule has 1 saturated heterocycles. The molecule has 0 aromatic heterocycles. The van der Waals surface area contributed by atoms with Crippen LogP contribution in [0.15, 0.2) is 0 Å². The largest absolute Gasteiger partial charge is 0.343 e. The van der Waals surface area contributed by atoms with Crippen LogP contribution in [0.5, 0.6) is 0 Å². The van der Waals surface area contributed by atoms with E-state index in [2.05, 4.69) is 27.7 Å². The molecule has 2 N–H and O–H groups in total. The molecule has 0 aromatic carbocycles. The quantitative estimate of drug-likeness (QED) is 0.822. The third-order valence-electron chi connectivity index (χ3n) is 4.26. The van der Waals surface area contributed by atoms with Crippen LogP contribution in [0.2, 0.25) is 0 Å². The van der Waals surface area contributed by atoms with Crippen molar-refractivity contribution < 1.29 is 4.79 Å². The summed E-state index contributed by atoms with van der Waals surface area (Å²) >= 11 is 0. The van der Waals surface area contributed by atoms with Crippen LogP contribution in [0, 0.1) is 17.3 Å². The summed E-state index contributed by atoms with van der Waals surface area (Å²) in [4.78, 5) is 14.2. The van der Waals surface area contributed by atoms with Gasteiger partial charge >= 0.3 is 0 Å². The second-order valence-electron chi connectivity index (χ2n) is 6.53. The molecular weight excluding hydrogens is 212 g/mol. The van der Waals surface area contributed by atoms with Crippen molar-refractivity contribution in [2.75, 3.05) is 19.6 Å². The highest BCUT2D eigenvalue weighted by Crippen LogP contribution is 2.29. The van der Waals surface area contributed by atoms with Gasteiger partial charge in [-0.25, -0.2) is 0 Å². The van der Waals surface area contributed by atoms with Crippen LogP contribution in [-0.4, -0.2) is 30.4 Å². The number of nitrogens with zero attached hydrogens (tertiary/aromatic N) is 1. The average molecular weight is 240 g/mol. The fourth-order valence-electron chi connectivity index (χ4n) is 2.12. The lowest BCUT2D eigenvalue weighted by Gasteiger charge is -2.34. The second kappa shape index (κ2) is 5.85. The van der Waals surface area contributed by atoms with Gasteiger partial charge in [0.05, 0.1) is 0 Å². The smallest absolute Gasteiger partial charge is 0.222 e. The fraction of sp³-hybridized carbons (Fsp3) is 0.929. The lowest BCUT2D eigenvalue weighted by Crippen LogP contribution is -2.41. The van der Waals surface area contributed by atoms with Crippen molar-refractivity contribution >= 4 is 5.91 Å². The molecule has 3 heteroatoms. The van der Waals surface area contributed by atoms with Gasteiger partial charge in [0, 0.05) is 19.5 Å². The van der Waals surface area contributed by atoms with E-state index < -0.39 is 0 Å². The van der Waals surface area contributed by atoms with E-state index in [0.29, 0.717) is 24.2 Å². The summed E-state index contributed by atoms with van der Waals surface area (Å²) in [6, 6.07) is 0. The molecule has 1 aliphatic rings. The Kier molecular flexibility index (Phi) is 4.99. The van der Waals surface area contributed by atoms with E-state index in [4.69, 9.17) is 5.73 Å². The first-order chi connectivity index (χ1) is 7.84. The molecule has 0 aromatic rings. The number of rotatable bonds is 3. The van der Waals surface area contributed by atoms with Crippen LogP contribution in [-0.2, 0) is 4.79 Å². The van der Waals surface area contributed by atoms with Gasteiger partial charge in [0.25, 0.3) is 0 Å². The highest BCUT2D eigenvalue weighted by atomic mass is 16.2. The average Bonchev–Trinajstić information content (AvgIpc) is 2.27. The topological polar surface area (TPSA) is 46.3 Å². The van der Waals surface area contributed by atoms with Crippen LogP contribution in [0.1, 0.15) is 47.0 Å². The molecule has 1 atom stereocenters. The molecule has 3 nitrogen and oxygen atoms in total. The predicted molar refractivity (Wildman–Crippen MR) is 71.6 cm³/mol. The predicted octanol–water partition coefficient (Wildman–Crippen LogP) is 2.26. The maximum absolute atomic E-state index is 12.1. The number of hydrogen-bond donors (Lipinski definition) is 1. The van der Waals surface area contributed by atoms with Gasteiger partial charge in [0.15, 0.2) is 0 Å². The SMILES string of the molecule is CC(CC(=O)N1CCC(CN)CC1)C(C)(C)C. The number of carbonyl (C=O) groups excluding carboxylic acids is 1. The van der Waals surface area contributed by atoms with Crippen molar-refractivity contribution in [1.82, 2.24) is 4.90 Å². The van der Waals surface area contributed by atoms with Crippen molar-refractivity contribution in [2.45, 2.75) is 47.0 Å². The number of hydrogen-bond acceptors (Lipinski definition) is 2. The number of likely N-dealkylation sites (tertiary alicyclic amines) is 1. The van der Waals surface area contributed by atoms with Crippen LogP contribution in [0.25, 0.3) is 0 Å². The van der Waals surface area contributed by atoms with E-state index in [1.165, 1.54) is 0 Å². The molecular formula is C14H28N2O. The molecule has 1 amide bonds. The summed E-state index contributed by atoms with van der Waals surface area (Å²) in [5.74, 6) is 1.38. The minimum atomic E-state index is 0.214. The normalized spacial score (nSPS) is 20.4. The van der Waals surface area contributed by atoms with Crippen molar-refractivity contribution in [3.8, 4) is 0 Å². The Bertz CT molecular complexity index is 249. The Labute approximate surface area is 106 Å². The molecule has 17 heavy (non-hydrogen) atoms. The molecule has 0 spiro atoms. The van der Waals surface area contributed by atoms with Crippen molar-refractivity contribution in [3.63, 3.8) is 0 Å². The molecule has 0 bridgehead atoms. The molecule has 0 aliphatic carbocycles. The standard InChI is InChI=1S/C14H28N2O/c1-11(14(2,3)4)9-13(17)16-7-5-12(10-15)6-8-16/h11-12H,5-10,15H2,1-4H3. The lowest BCUT2D eigenvalue weighted by molar-refractivity contribution is -0.134. The Morgan fingerprint density at radius 3 is 2.29 bits per heavy atom. The van der Waals surface area contributed by atoms with Gasteiger partial charge in [0.1, 0.15) is 0 Å². The zero-order chi connectivity index (χ0) is 13.1. The highest BCUT2D eigenvalue weighted by molar-refractivity contribution is 5.76. The van der Waals surface area contributed by atoms with E-state index in [1.54, 1.807) is 0 Å². The molecule has 0 saturated carbocycles. The third-order valence-corrected chi connectivity index (χ3v) is 4.26. The molecule has 0 radical (unpaired) electrons. The van der Waals surface area contributed by atoms with Gasteiger partial charge in [-0.3, -0.25) is 4.79 Å². The minimum Gasteiger partial charge on any atom is -0.343 e. The molecule has 1 heterocycles. The first-order valence-electron chi connectivity index (χ1n) is 6.82. The molecule has 100 valence electrons. The fourth-order valence-corrected chi connectivity index (χ4v) is 2.12. The van der Waals surface area contributed by atoms with Crippen LogP contribution in [0.3, 0.4) is 0 Å². The van der Waals surface area contributed by atoms with E-state index in [9.17, 15) is 4.79 Å². The van der Waals surface area contributed by atoms with Gasteiger partial charge in [-0.05, 0) is 36.6 Å². The Balaban J connectivity index is 2.39. The summed E-state index contributed by atoms with van der Waals surface area (Å²) in [5.41, 5.74) is 5.87. The van der Waals surface area contributed by atoms with Crippen molar-refractivity contribution in [3.05, 3.63) is 0 Å². The van der Waals surface area contributed by atoms with E-state index in [1.807, 2.05) is 4.90 Å². The summed E-state index contributed by atoms with van der Waals surface area (Å²) in [7, 11) is 0. The van der Waals surface area contributed by atoms with Gasteiger partial charge in [0.2, 0.25) is 5.91 Å². The molecule has 1 unspecified atom stereocenters. The van der Waals surface area contributed by atoms with Gasteiger partial charge < -0.3 is 10.6 Å². The monoisotopic (exact) mass is 240 g/mol. The van der Waals surface area contributed by atoms with E-state index in [0.717, 1.165) is 32.5 Å². The van der Waals surface area contributed by atoms with Gasteiger partial charge in [-0.2, -0.15) is 0 Å². The zero-order valence-corrected chi connectivity index (χ0v) is 11.8. The lowest BCUT2D eigenvalue weighted by atomic mass is 9.80. The van der Waals surface area contributed by atoms with Crippen LogP contribution in [0.4, 0.5) is 0 Å². The van der Waals surface area contributed by atoms with Crippen molar-refractivity contribution in [1.29, 1.82) is 0 Å². The summed E-state index contributed by atoms with van der Waals surface area (Å²) in [5, 5.41) is 0. The Hall–Kier alpha value is -0.570. The number of nitrogens with two attached hydrogens (primary N) is 1. The van der Waals surface area contributed by atoms with Gasteiger partial charge in [-0.15, -0.1) is 0 Å². The van der Waals surface area contributed by atoms with Gasteiger partial charge in [-0.1, -0.05) is 27.7 Å². The maximum Gasteiger partial charge on any atom is 0.222 e. The third kappa shape index (κ3) is 4.30. The van der Waals surface area contributed by atoms with Crippen LogP contribution >= 0.6 is 0 Å². The molecule has 1 rings (SSSR count). The van der Waals surface area contributed by atoms with Crippen LogP contribution < -0.4 is 5.73 Å². The summed E-state index contributed by atoms with van der Waals surface area (Å²) in [6.07, 6.45) is 2.83. The first kappa shape index (κ1) is 14.5. The Morgan fingerprint density at radius 2 is 1.88 bits per heavy atom. The minimum absolute atomic E-state index is 0.214. The number of amides is 1. The number of piperidine rings is 1. The van der Waals surface area contributed by atoms with Crippen molar-refractivity contribution in [2.24, 2.45) is 23.0 Å². The second-order valence-corrected chi connectivity index (χ2v) is 6.53. The highest BCUT2D eigenvalue weighted by Gasteiger charge is 2.27. The molecule has 1 aliphatic heterocycles. The number of carbonyl (C=O) groups is 1. The maximum atomic E-state index is 12.1. The van der Waals surface area contributed by atoms with E-state index >= 15 is 0 Å². The molecule has 1 fully saturated rings. The summed E-state index contributed by atoms with van der Waals surface area (Å²) < 4.78 is 0. The summed E-state index contributed by atoms with van der Waals surface area (Å²) in [6.45, 7) is 11.3.